The number of allylic oxidation sites excluding steroid dienone is 3. The Balaban J connectivity index is 1.39. The number of benzene rings is 1. The third kappa shape index (κ3) is 4.16. The lowest BCUT2D eigenvalue weighted by Crippen LogP contribution is -2.59. The Kier molecular flexibility index (Phi) is 6.39. The first-order valence-electron chi connectivity index (χ1n) is 13.2. The summed E-state index contributed by atoms with van der Waals surface area (Å²) in [6.07, 6.45) is 17.7. The Hall–Kier alpha value is -2.07. The summed E-state index contributed by atoms with van der Waals surface area (Å²) >= 11 is 0. The molecule has 1 aromatic rings. The lowest BCUT2D eigenvalue weighted by Gasteiger charge is -2.53. The summed E-state index contributed by atoms with van der Waals surface area (Å²) in [6.45, 7) is 5.94. The number of carbonyl (C=O) groups is 1. The zero-order valence-electron chi connectivity index (χ0n) is 20.6. The van der Waals surface area contributed by atoms with Crippen LogP contribution in [0.15, 0.2) is 54.1 Å². The first kappa shape index (κ1) is 22.7. The molecular weight excluding hydrogens is 406 g/mol. The van der Waals surface area contributed by atoms with Crippen LogP contribution < -0.4 is 0 Å². The molecule has 5 rings (SSSR count). The predicted molar refractivity (Wildman–Crippen MR) is 135 cm³/mol. The number of nitrogens with zero attached hydrogens (tertiary/aromatic N) is 3. The fourth-order valence-electron chi connectivity index (χ4n) is 6.81. The van der Waals surface area contributed by atoms with Crippen molar-refractivity contribution in [3.05, 3.63) is 59.7 Å². The highest BCUT2D eigenvalue weighted by Crippen LogP contribution is 2.49. The Bertz CT molecular complexity index is 893. The Labute approximate surface area is 200 Å². The molecule has 2 amide bonds. The molecule has 33 heavy (non-hydrogen) atoms. The maximum atomic E-state index is 13.7. The van der Waals surface area contributed by atoms with E-state index in [1.54, 1.807) is 5.57 Å². The molecule has 0 N–H and O–H groups in total. The van der Waals surface area contributed by atoms with E-state index in [0.29, 0.717) is 5.92 Å². The van der Waals surface area contributed by atoms with Gasteiger partial charge in [0.1, 0.15) is 0 Å². The Morgan fingerprint density at radius 2 is 1.85 bits per heavy atom. The molecule has 1 heterocycles. The molecule has 0 unspecified atom stereocenters. The van der Waals surface area contributed by atoms with Gasteiger partial charge in [-0.1, -0.05) is 61.9 Å². The number of rotatable bonds is 7. The molecule has 1 spiro atoms. The quantitative estimate of drug-likeness (QED) is 0.512. The summed E-state index contributed by atoms with van der Waals surface area (Å²) < 4.78 is 0. The average molecular weight is 448 g/mol. The van der Waals surface area contributed by atoms with Gasteiger partial charge < -0.3 is 9.80 Å². The molecule has 1 aliphatic heterocycles. The lowest BCUT2D eigenvalue weighted by atomic mass is 9.66. The fraction of sp³-hybridized carbons (Fsp3) is 0.621. The van der Waals surface area contributed by atoms with Crippen molar-refractivity contribution < 1.29 is 4.79 Å². The second-order valence-corrected chi connectivity index (χ2v) is 11.0. The maximum Gasteiger partial charge on any atom is 0.320 e. The topological polar surface area (TPSA) is 26.8 Å². The van der Waals surface area contributed by atoms with Crippen LogP contribution in [0.4, 0.5) is 4.79 Å². The van der Waals surface area contributed by atoms with Gasteiger partial charge in [0.2, 0.25) is 0 Å². The van der Waals surface area contributed by atoms with Crippen molar-refractivity contribution >= 4 is 6.03 Å². The molecule has 0 aromatic heterocycles. The minimum atomic E-state index is 0.00456. The molecule has 3 fully saturated rings. The van der Waals surface area contributed by atoms with Gasteiger partial charge in [0.05, 0.1) is 5.54 Å². The molecular formula is C29H41N3O. The highest BCUT2D eigenvalue weighted by Gasteiger charge is 2.55. The van der Waals surface area contributed by atoms with Gasteiger partial charge in [0, 0.05) is 25.2 Å². The molecule has 2 saturated carbocycles. The van der Waals surface area contributed by atoms with E-state index in [-0.39, 0.29) is 17.1 Å². The minimum Gasteiger partial charge on any atom is -0.318 e. The highest BCUT2D eigenvalue weighted by atomic mass is 16.2. The van der Waals surface area contributed by atoms with Gasteiger partial charge >= 0.3 is 6.03 Å². The summed E-state index contributed by atoms with van der Waals surface area (Å²) in [4.78, 5) is 20.8. The lowest BCUT2D eigenvalue weighted by molar-refractivity contribution is 0.0263. The Morgan fingerprint density at radius 3 is 2.45 bits per heavy atom. The van der Waals surface area contributed by atoms with Crippen LogP contribution in [0.1, 0.15) is 70.3 Å². The van der Waals surface area contributed by atoms with Gasteiger partial charge in [0.25, 0.3) is 0 Å². The van der Waals surface area contributed by atoms with E-state index < -0.39 is 0 Å². The van der Waals surface area contributed by atoms with Crippen molar-refractivity contribution in [3.63, 3.8) is 0 Å². The van der Waals surface area contributed by atoms with E-state index in [1.807, 2.05) is 0 Å². The van der Waals surface area contributed by atoms with Crippen LogP contribution in [0, 0.1) is 5.92 Å². The molecule has 1 saturated heterocycles. The summed E-state index contributed by atoms with van der Waals surface area (Å²) in [6, 6.07) is 10.8. The van der Waals surface area contributed by atoms with Crippen molar-refractivity contribution in [2.24, 2.45) is 5.92 Å². The third-order valence-electron chi connectivity index (χ3n) is 9.27. The number of amides is 2. The summed E-state index contributed by atoms with van der Waals surface area (Å²) in [7, 11) is 2.31. The third-order valence-corrected chi connectivity index (χ3v) is 9.27. The van der Waals surface area contributed by atoms with Gasteiger partial charge in [-0.3, -0.25) is 4.90 Å². The molecule has 1 aromatic carbocycles. The molecule has 4 nitrogen and oxygen atoms in total. The van der Waals surface area contributed by atoms with Crippen molar-refractivity contribution in [2.75, 3.05) is 26.7 Å². The van der Waals surface area contributed by atoms with Gasteiger partial charge in [-0.2, -0.15) is 0 Å². The van der Waals surface area contributed by atoms with Crippen molar-refractivity contribution in [1.29, 1.82) is 0 Å². The smallest absolute Gasteiger partial charge is 0.318 e. The number of likely N-dealkylation sites (N-methyl/N-ethyl adjacent to an activating group) is 1. The molecule has 0 radical (unpaired) electrons. The number of hydrogen-bond acceptors (Lipinski definition) is 2. The van der Waals surface area contributed by atoms with Crippen LogP contribution >= 0.6 is 0 Å². The fourth-order valence-corrected chi connectivity index (χ4v) is 6.81. The van der Waals surface area contributed by atoms with Crippen LogP contribution in [0.3, 0.4) is 0 Å². The largest absolute Gasteiger partial charge is 0.320 e. The molecule has 0 atom stereocenters. The van der Waals surface area contributed by atoms with E-state index in [2.05, 4.69) is 77.2 Å². The summed E-state index contributed by atoms with van der Waals surface area (Å²) in [5.74, 6) is 0.707. The highest BCUT2D eigenvalue weighted by molar-refractivity contribution is 5.78. The average Bonchev–Trinajstić information content (AvgIpc) is 3.07. The van der Waals surface area contributed by atoms with Gasteiger partial charge in [-0.05, 0) is 82.0 Å². The molecule has 4 heteroatoms. The zero-order chi connectivity index (χ0) is 22.9. The van der Waals surface area contributed by atoms with Crippen molar-refractivity contribution in [2.45, 2.75) is 82.3 Å². The van der Waals surface area contributed by atoms with Crippen LogP contribution in [-0.2, 0) is 6.54 Å². The number of hydrogen-bond donors (Lipinski definition) is 0. The van der Waals surface area contributed by atoms with Crippen LogP contribution in [0.25, 0.3) is 0 Å². The van der Waals surface area contributed by atoms with Gasteiger partial charge in [-0.15, -0.1) is 0 Å². The maximum absolute atomic E-state index is 13.7. The molecule has 0 bridgehead atoms. The molecule has 4 aliphatic rings. The van der Waals surface area contributed by atoms with E-state index in [0.717, 1.165) is 58.3 Å². The summed E-state index contributed by atoms with van der Waals surface area (Å²) in [5, 5.41) is 0. The molecule has 3 aliphatic carbocycles. The van der Waals surface area contributed by atoms with Crippen molar-refractivity contribution in [3.8, 4) is 0 Å². The predicted octanol–water partition coefficient (Wildman–Crippen LogP) is 6.00. The van der Waals surface area contributed by atoms with E-state index in [4.69, 9.17) is 0 Å². The van der Waals surface area contributed by atoms with E-state index in [9.17, 15) is 4.79 Å². The second kappa shape index (κ2) is 9.29. The first-order chi connectivity index (χ1) is 16.1. The van der Waals surface area contributed by atoms with E-state index in [1.165, 1.54) is 31.2 Å². The minimum absolute atomic E-state index is 0.00456. The second-order valence-electron chi connectivity index (χ2n) is 11.0. The number of carbonyl (C=O) groups excluding carboxylic acids is 1. The van der Waals surface area contributed by atoms with E-state index >= 15 is 0 Å². The number of urea groups is 1. The SMILES string of the molecule is CCN(C)C1(C2=CC=CCC2)CCC2(CC1)CN(Cc1ccccc1)C(=O)N2CC1CCC1. The zero-order valence-corrected chi connectivity index (χ0v) is 20.6. The van der Waals surface area contributed by atoms with Gasteiger partial charge in [0.15, 0.2) is 0 Å². The first-order valence-corrected chi connectivity index (χ1v) is 13.2. The molecule has 178 valence electrons. The van der Waals surface area contributed by atoms with Gasteiger partial charge in [-0.25, -0.2) is 4.79 Å². The standard InChI is InChI=1S/C29H41N3O/c1-3-30(2)29(26-15-8-5-9-16-26)19-17-28(18-20-29)23-31(21-24-11-6-4-7-12-24)27(33)32(28)22-25-13-10-14-25/h4-8,11-12,15,25H,3,9-10,13-14,16-23H2,1-2H3. The summed E-state index contributed by atoms with van der Waals surface area (Å²) in [5.41, 5.74) is 3.01. The van der Waals surface area contributed by atoms with Crippen LogP contribution in [0.2, 0.25) is 0 Å². The Morgan fingerprint density at radius 1 is 1.09 bits per heavy atom. The normalized spacial score (nSPS) is 30.3. The van der Waals surface area contributed by atoms with Crippen LogP contribution in [0.5, 0.6) is 0 Å². The van der Waals surface area contributed by atoms with Crippen molar-refractivity contribution in [1.82, 2.24) is 14.7 Å². The monoisotopic (exact) mass is 447 g/mol. The van der Waals surface area contributed by atoms with Crippen LogP contribution in [-0.4, -0.2) is 58.5 Å².